The first-order chi connectivity index (χ1) is 17.0. The van der Waals surface area contributed by atoms with Gasteiger partial charge in [0.05, 0.1) is 19.0 Å². The van der Waals surface area contributed by atoms with Crippen molar-refractivity contribution in [2.45, 2.75) is 25.7 Å². The number of carbonyl (C=O) groups excluding carboxylic acids is 2. The Hall–Kier alpha value is -3.65. The third kappa shape index (κ3) is 6.27. The zero-order valence-corrected chi connectivity index (χ0v) is 20.2. The fourth-order valence-corrected chi connectivity index (χ4v) is 4.55. The molecule has 2 aromatic carbocycles. The number of methoxy groups -OCH3 is 1. The number of aromatic nitrogens is 2. The molecule has 1 saturated heterocycles. The lowest BCUT2D eigenvalue weighted by Gasteiger charge is -2.32. The second-order valence-corrected chi connectivity index (χ2v) is 8.98. The zero-order chi connectivity index (χ0) is 24.6. The molecular formula is C27H33N5O3. The van der Waals surface area contributed by atoms with Gasteiger partial charge in [0, 0.05) is 12.1 Å². The molecule has 0 aliphatic carbocycles. The van der Waals surface area contributed by atoms with E-state index in [1.54, 1.807) is 24.3 Å². The van der Waals surface area contributed by atoms with E-state index in [-0.39, 0.29) is 17.3 Å². The fourth-order valence-electron chi connectivity index (χ4n) is 4.55. The number of hydrogen-bond donors (Lipinski definition) is 2. The average Bonchev–Trinajstić information content (AvgIpc) is 3.29. The lowest BCUT2D eigenvalue weighted by atomic mass is 9.90. The van der Waals surface area contributed by atoms with Gasteiger partial charge in [-0.2, -0.15) is 5.10 Å². The van der Waals surface area contributed by atoms with E-state index in [1.807, 2.05) is 0 Å². The van der Waals surface area contributed by atoms with Crippen molar-refractivity contribution >= 4 is 17.7 Å². The normalized spacial score (nSPS) is 14.5. The van der Waals surface area contributed by atoms with Crippen LogP contribution in [-0.2, 0) is 11.2 Å². The minimum Gasteiger partial charge on any atom is -0.465 e. The highest BCUT2D eigenvalue weighted by Crippen LogP contribution is 2.22. The molecule has 0 saturated carbocycles. The maximum atomic E-state index is 12.5. The first-order valence-corrected chi connectivity index (χ1v) is 12.1. The zero-order valence-electron chi connectivity index (χ0n) is 20.2. The number of nitrogens with one attached hydrogen (secondary N) is 1. The van der Waals surface area contributed by atoms with Gasteiger partial charge in [0.2, 0.25) is 0 Å². The minimum absolute atomic E-state index is 0.109. The monoisotopic (exact) mass is 475 g/mol. The molecule has 1 aliphatic rings. The van der Waals surface area contributed by atoms with Gasteiger partial charge in [-0.15, -0.1) is 0 Å². The van der Waals surface area contributed by atoms with Crippen molar-refractivity contribution in [1.82, 2.24) is 20.0 Å². The molecule has 8 heteroatoms. The molecule has 0 unspecified atom stereocenters. The number of nitrogen functional groups attached to an aromatic ring is 1. The fraction of sp³-hybridized carbons (Fsp3) is 0.370. The Morgan fingerprint density at radius 3 is 2.49 bits per heavy atom. The van der Waals surface area contributed by atoms with Gasteiger partial charge in [0.1, 0.15) is 11.4 Å². The van der Waals surface area contributed by atoms with Crippen LogP contribution in [0.4, 0.5) is 5.82 Å². The summed E-state index contributed by atoms with van der Waals surface area (Å²) in [6.07, 6.45) is 5.93. The van der Waals surface area contributed by atoms with Gasteiger partial charge >= 0.3 is 5.97 Å². The molecule has 0 spiro atoms. The summed E-state index contributed by atoms with van der Waals surface area (Å²) in [6, 6.07) is 17.7. The Morgan fingerprint density at radius 2 is 1.80 bits per heavy atom. The largest absolute Gasteiger partial charge is 0.465 e. The number of piperidine rings is 1. The summed E-state index contributed by atoms with van der Waals surface area (Å²) in [5.74, 6) is 0.307. The van der Waals surface area contributed by atoms with Crippen molar-refractivity contribution < 1.29 is 14.3 Å². The molecule has 1 amide bonds. The van der Waals surface area contributed by atoms with Crippen molar-refractivity contribution in [1.29, 1.82) is 0 Å². The molecule has 1 aromatic heterocycles. The number of carbonyl (C=O) groups is 2. The number of anilines is 1. The molecule has 3 aromatic rings. The molecule has 4 rings (SSSR count). The number of nitrogens with two attached hydrogens (primary N) is 1. The molecule has 1 fully saturated rings. The van der Waals surface area contributed by atoms with E-state index in [2.05, 4.69) is 45.6 Å². The standard InChI is InChI=1S/C27H33N5O3/c1-35-27(34)24-19-30-32(25(24)28)23-10-8-22(9-11-23)26(33)29-14-5-15-31-16-12-21(13-17-31)18-20-6-3-2-4-7-20/h2-4,6-11,19,21H,5,12-18,28H2,1H3,(H,29,33). The predicted molar refractivity (Wildman–Crippen MR) is 136 cm³/mol. The van der Waals surface area contributed by atoms with Crippen molar-refractivity contribution in [3.63, 3.8) is 0 Å². The van der Waals surface area contributed by atoms with E-state index in [0.717, 1.165) is 32.0 Å². The van der Waals surface area contributed by atoms with Crippen LogP contribution in [-0.4, -0.2) is 59.8 Å². The maximum Gasteiger partial charge on any atom is 0.343 e. The van der Waals surface area contributed by atoms with E-state index in [0.29, 0.717) is 17.8 Å². The Balaban J connectivity index is 1.18. The number of ether oxygens (including phenoxy) is 1. The molecule has 0 bridgehead atoms. The molecule has 0 atom stereocenters. The van der Waals surface area contributed by atoms with Crippen LogP contribution in [0.3, 0.4) is 0 Å². The molecule has 35 heavy (non-hydrogen) atoms. The van der Waals surface area contributed by atoms with Gasteiger partial charge in [0.15, 0.2) is 0 Å². The highest BCUT2D eigenvalue weighted by molar-refractivity contribution is 5.95. The van der Waals surface area contributed by atoms with Crippen molar-refractivity contribution in [2.24, 2.45) is 5.92 Å². The highest BCUT2D eigenvalue weighted by Gasteiger charge is 2.19. The molecule has 184 valence electrons. The lowest BCUT2D eigenvalue weighted by Crippen LogP contribution is -2.36. The number of rotatable bonds is 9. The third-order valence-electron chi connectivity index (χ3n) is 6.60. The number of hydrogen-bond acceptors (Lipinski definition) is 6. The number of benzene rings is 2. The van der Waals surface area contributed by atoms with Gasteiger partial charge < -0.3 is 20.7 Å². The van der Waals surface area contributed by atoms with Crippen molar-refractivity contribution in [2.75, 3.05) is 39.0 Å². The van der Waals surface area contributed by atoms with Gasteiger partial charge in [-0.25, -0.2) is 9.48 Å². The quantitative estimate of drug-likeness (QED) is 0.364. The first-order valence-electron chi connectivity index (χ1n) is 12.1. The predicted octanol–water partition coefficient (Wildman–Crippen LogP) is 3.32. The number of esters is 1. The average molecular weight is 476 g/mol. The van der Waals surface area contributed by atoms with Gasteiger partial charge in [-0.3, -0.25) is 4.79 Å². The van der Waals surface area contributed by atoms with Crippen LogP contribution in [0.15, 0.2) is 60.8 Å². The summed E-state index contributed by atoms with van der Waals surface area (Å²) in [5, 5.41) is 7.15. The van der Waals surface area contributed by atoms with E-state index in [4.69, 9.17) is 10.5 Å². The summed E-state index contributed by atoms with van der Waals surface area (Å²) in [4.78, 5) is 26.7. The maximum absolute atomic E-state index is 12.5. The van der Waals surface area contributed by atoms with Crippen LogP contribution in [0.1, 0.15) is 45.5 Å². The number of nitrogens with zero attached hydrogens (tertiary/aromatic N) is 3. The second kappa shape index (κ2) is 11.7. The van der Waals surface area contributed by atoms with Crippen LogP contribution in [0.2, 0.25) is 0 Å². The van der Waals surface area contributed by atoms with Crippen LogP contribution in [0, 0.1) is 5.92 Å². The SMILES string of the molecule is COC(=O)c1cnn(-c2ccc(C(=O)NCCCN3CCC(Cc4ccccc4)CC3)cc2)c1N. The molecule has 0 radical (unpaired) electrons. The number of likely N-dealkylation sites (tertiary alicyclic amines) is 1. The second-order valence-electron chi connectivity index (χ2n) is 8.98. The third-order valence-corrected chi connectivity index (χ3v) is 6.60. The van der Waals surface area contributed by atoms with Crippen LogP contribution >= 0.6 is 0 Å². The smallest absolute Gasteiger partial charge is 0.343 e. The summed E-state index contributed by atoms with van der Waals surface area (Å²) in [5.41, 5.74) is 8.87. The van der Waals surface area contributed by atoms with Gasteiger partial charge in [-0.05, 0) is 81.1 Å². The van der Waals surface area contributed by atoms with Crippen molar-refractivity contribution in [3.05, 3.63) is 77.5 Å². The van der Waals surface area contributed by atoms with E-state index in [1.165, 1.54) is 42.8 Å². The van der Waals surface area contributed by atoms with E-state index >= 15 is 0 Å². The van der Waals surface area contributed by atoms with Gasteiger partial charge in [0.25, 0.3) is 5.91 Å². The summed E-state index contributed by atoms with van der Waals surface area (Å²) in [7, 11) is 1.29. The highest BCUT2D eigenvalue weighted by atomic mass is 16.5. The minimum atomic E-state index is -0.540. The summed E-state index contributed by atoms with van der Waals surface area (Å²) >= 11 is 0. The van der Waals surface area contributed by atoms with E-state index in [9.17, 15) is 9.59 Å². The van der Waals surface area contributed by atoms with Gasteiger partial charge in [-0.1, -0.05) is 30.3 Å². The topological polar surface area (TPSA) is 102 Å². The molecular weight excluding hydrogens is 442 g/mol. The first kappa shape index (κ1) is 24.5. The van der Waals surface area contributed by atoms with Crippen LogP contribution < -0.4 is 11.1 Å². The Morgan fingerprint density at radius 1 is 1.09 bits per heavy atom. The number of amides is 1. The van der Waals surface area contributed by atoms with Crippen LogP contribution in [0.5, 0.6) is 0 Å². The summed E-state index contributed by atoms with van der Waals surface area (Å²) < 4.78 is 6.14. The molecule has 2 heterocycles. The van der Waals surface area contributed by atoms with E-state index < -0.39 is 5.97 Å². The Bertz CT molecular complexity index is 1120. The molecule has 3 N–H and O–H groups in total. The lowest BCUT2D eigenvalue weighted by molar-refractivity contribution is 0.0601. The van der Waals surface area contributed by atoms with Crippen molar-refractivity contribution in [3.8, 4) is 5.69 Å². The Labute approximate surface area is 206 Å². The molecule has 8 nitrogen and oxygen atoms in total. The molecule has 1 aliphatic heterocycles. The van der Waals surface area contributed by atoms with Crippen LogP contribution in [0.25, 0.3) is 5.69 Å². The summed E-state index contributed by atoms with van der Waals surface area (Å²) in [6.45, 7) is 3.89. The Kier molecular flexibility index (Phi) is 8.15.